The molecule has 0 saturated carbocycles. The highest BCUT2D eigenvalue weighted by Gasteiger charge is 2.26. The zero-order chi connectivity index (χ0) is 14.0. The molecule has 1 aromatic rings. The van der Waals surface area contributed by atoms with Crippen LogP contribution in [0, 0.1) is 21.8 Å². The first-order chi connectivity index (χ1) is 9.02. The molecule has 1 heterocycles. The molecule has 2 rings (SSSR count). The summed E-state index contributed by atoms with van der Waals surface area (Å²) in [6, 6.07) is 2.21. The van der Waals surface area contributed by atoms with Gasteiger partial charge in [0.05, 0.1) is 16.0 Å². The highest BCUT2D eigenvalue weighted by molar-refractivity contribution is 6.31. The van der Waals surface area contributed by atoms with Gasteiger partial charge in [0.1, 0.15) is 11.5 Å². The van der Waals surface area contributed by atoms with E-state index in [1.807, 2.05) is 4.90 Å². The number of anilines is 1. The Morgan fingerprint density at radius 3 is 2.63 bits per heavy atom. The number of nitro groups is 1. The van der Waals surface area contributed by atoms with Crippen molar-refractivity contribution in [1.29, 1.82) is 0 Å². The molecular formula is C12H15ClFN3O2. The molecule has 1 aliphatic rings. The lowest BCUT2D eigenvalue weighted by Gasteiger charge is -2.32. The number of piperidine rings is 1. The Morgan fingerprint density at radius 2 is 2.11 bits per heavy atom. The molecular weight excluding hydrogens is 273 g/mol. The lowest BCUT2D eigenvalue weighted by Crippen LogP contribution is -2.36. The smallest absolute Gasteiger partial charge is 0.295 e. The monoisotopic (exact) mass is 287 g/mol. The Morgan fingerprint density at radius 1 is 1.47 bits per heavy atom. The van der Waals surface area contributed by atoms with Crippen molar-refractivity contribution in [2.75, 3.05) is 24.5 Å². The molecule has 0 radical (unpaired) electrons. The molecule has 0 spiro atoms. The minimum absolute atomic E-state index is 0.0958. The van der Waals surface area contributed by atoms with Crippen molar-refractivity contribution in [3.05, 3.63) is 33.1 Å². The lowest BCUT2D eigenvalue weighted by atomic mass is 9.96. The summed E-state index contributed by atoms with van der Waals surface area (Å²) in [7, 11) is 0. The van der Waals surface area contributed by atoms with Gasteiger partial charge in [-0.25, -0.2) is 4.39 Å². The largest absolute Gasteiger partial charge is 0.366 e. The van der Waals surface area contributed by atoms with Crippen LogP contribution in [0.1, 0.15) is 12.8 Å². The van der Waals surface area contributed by atoms with E-state index in [2.05, 4.69) is 0 Å². The normalized spacial score (nSPS) is 16.7. The third-order valence-corrected chi connectivity index (χ3v) is 3.79. The quantitative estimate of drug-likeness (QED) is 0.685. The first-order valence-electron chi connectivity index (χ1n) is 6.11. The molecule has 1 saturated heterocycles. The van der Waals surface area contributed by atoms with Crippen molar-refractivity contribution in [2.45, 2.75) is 12.8 Å². The molecule has 7 heteroatoms. The summed E-state index contributed by atoms with van der Waals surface area (Å²) < 4.78 is 13.3. The summed E-state index contributed by atoms with van der Waals surface area (Å²) in [6.07, 6.45) is 1.76. The van der Waals surface area contributed by atoms with Crippen molar-refractivity contribution in [3.63, 3.8) is 0 Å². The van der Waals surface area contributed by atoms with Gasteiger partial charge in [-0.15, -0.1) is 0 Å². The summed E-state index contributed by atoms with van der Waals surface area (Å²) in [4.78, 5) is 12.3. The fraction of sp³-hybridized carbons (Fsp3) is 0.500. The molecule has 0 amide bonds. The Labute approximate surface area is 115 Å². The number of nitrogens with zero attached hydrogens (tertiary/aromatic N) is 2. The van der Waals surface area contributed by atoms with Crippen molar-refractivity contribution in [2.24, 2.45) is 11.7 Å². The van der Waals surface area contributed by atoms with Gasteiger partial charge in [0, 0.05) is 13.1 Å². The second-order valence-corrected chi connectivity index (χ2v) is 5.09. The van der Waals surface area contributed by atoms with Gasteiger partial charge < -0.3 is 10.6 Å². The molecule has 0 aromatic heterocycles. The number of nitro benzene ring substituents is 1. The summed E-state index contributed by atoms with van der Waals surface area (Å²) in [5, 5.41) is 10.9. The van der Waals surface area contributed by atoms with E-state index in [1.54, 1.807) is 0 Å². The van der Waals surface area contributed by atoms with E-state index in [0.717, 1.165) is 18.9 Å². The van der Waals surface area contributed by atoms with E-state index in [9.17, 15) is 14.5 Å². The zero-order valence-electron chi connectivity index (χ0n) is 10.3. The van der Waals surface area contributed by atoms with Gasteiger partial charge in [0.15, 0.2) is 0 Å². The van der Waals surface area contributed by atoms with Crippen LogP contribution < -0.4 is 10.6 Å². The fourth-order valence-electron chi connectivity index (χ4n) is 2.33. The molecule has 0 bridgehead atoms. The maximum absolute atomic E-state index is 13.3. The molecule has 19 heavy (non-hydrogen) atoms. The molecule has 1 aromatic carbocycles. The van der Waals surface area contributed by atoms with Gasteiger partial charge in [-0.05, 0) is 31.4 Å². The molecule has 1 fully saturated rings. The lowest BCUT2D eigenvalue weighted by molar-refractivity contribution is -0.384. The molecule has 2 N–H and O–H groups in total. The first-order valence-corrected chi connectivity index (χ1v) is 6.49. The van der Waals surface area contributed by atoms with Crippen molar-refractivity contribution in [1.82, 2.24) is 0 Å². The van der Waals surface area contributed by atoms with Gasteiger partial charge in [0.25, 0.3) is 5.69 Å². The fourth-order valence-corrected chi connectivity index (χ4v) is 2.49. The Balaban J connectivity index is 2.29. The van der Waals surface area contributed by atoms with Gasteiger partial charge in [-0.1, -0.05) is 11.6 Å². The molecule has 0 atom stereocenters. The third-order valence-electron chi connectivity index (χ3n) is 3.50. The van der Waals surface area contributed by atoms with E-state index < -0.39 is 10.7 Å². The van der Waals surface area contributed by atoms with E-state index in [0.29, 0.717) is 31.2 Å². The van der Waals surface area contributed by atoms with Gasteiger partial charge in [0.2, 0.25) is 0 Å². The van der Waals surface area contributed by atoms with Crippen LogP contribution in [0.2, 0.25) is 5.02 Å². The van der Waals surface area contributed by atoms with Crippen LogP contribution >= 0.6 is 11.6 Å². The minimum Gasteiger partial charge on any atom is -0.366 e. The maximum Gasteiger partial charge on any atom is 0.295 e. The van der Waals surface area contributed by atoms with Gasteiger partial charge >= 0.3 is 0 Å². The predicted octanol–water partition coefficient (Wildman–Crippen LogP) is 2.56. The van der Waals surface area contributed by atoms with Crippen LogP contribution in [0.5, 0.6) is 0 Å². The van der Waals surface area contributed by atoms with Crippen LogP contribution in [0.15, 0.2) is 12.1 Å². The van der Waals surface area contributed by atoms with Crippen LogP contribution in [0.3, 0.4) is 0 Å². The van der Waals surface area contributed by atoms with E-state index >= 15 is 0 Å². The SMILES string of the molecule is NCC1CCN(c2cc(Cl)c(F)cc2[N+](=O)[O-])CC1. The number of nitrogens with two attached hydrogens (primary N) is 1. The van der Waals surface area contributed by atoms with Crippen LogP contribution in [-0.4, -0.2) is 24.6 Å². The maximum atomic E-state index is 13.3. The van der Waals surface area contributed by atoms with Crippen molar-refractivity contribution >= 4 is 23.0 Å². The highest BCUT2D eigenvalue weighted by Crippen LogP contribution is 2.35. The summed E-state index contributed by atoms with van der Waals surface area (Å²) in [5.41, 5.74) is 5.75. The summed E-state index contributed by atoms with van der Waals surface area (Å²) in [5.74, 6) is -0.319. The number of hydrogen-bond acceptors (Lipinski definition) is 4. The van der Waals surface area contributed by atoms with Crippen molar-refractivity contribution in [3.8, 4) is 0 Å². The topological polar surface area (TPSA) is 72.4 Å². The average Bonchev–Trinajstić information content (AvgIpc) is 2.41. The minimum atomic E-state index is -0.769. The molecule has 0 unspecified atom stereocenters. The Kier molecular flexibility index (Phi) is 4.21. The van der Waals surface area contributed by atoms with Gasteiger partial charge in [-0.2, -0.15) is 0 Å². The van der Waals surface area contributed by atoms with E-state index in [4.69, 9.17) is 17.3 Å². The molecule has 5 nitrogen and oxygen atoms in total. The summed E-state index contributed by atoms with van der Waals surface area (Å²) >= 11 is 5.72. The third kappa shape index (κ3) is 2.96. The number of benzene rings is 1. The summed E-state index contributed by atoms with van der Waals surface area (Å²) in [6.45, 7) is 1.97. The second kappa shape index (κ2) is 5.71. The number of rotatable bonds is 3. The number of hydrogen-bond donors (Lipinski definition) is 1. The Hall–Kier alpha value is -1.40. The molecule has 104 valence electrons. The first kappa shape index (κ1) is 14.0. The van der Waals surface area contributed by atoms with Gasteiger partial charge in [-0.3, -0.25) is 10.1 Å². The highest BCUT2D eigenvalue weighted by atomic mass is 35.5. The molecule has 1 aliphatic heterocycles. The average molecular weight is 288 g/mol. The Bertz CT molecular complexity index is 490. The zero-order valence-corrected chi connectivity index (χ0v) is 11.1. The van der Waals surface area contributed by atoms with E-state index in [-0.39, 0.29) is 10.7 Å². The van der Waals surface area contributed by atoms with Crippen molar-refractivity contribution < 1.29 is 9.31 Å². The number of halogens is 2. The van der Waals surface area contributed by atoms with Crippen LogP contribution in [0.25, 0.3) is 0 Å². The predicted molar refractivity (Wildman–Crippen MR) is 72.1 cm³/mol. The van der Waals surface area contributed by atoms with Crippen LogP contribution in [-0.2, 0) is 0 Å². The van der Waals surface area contributed by atoms with Crippen LogP contribution in [0.4, 0.5) is 15.8 Å². The van der Waals surface area contributed by atoms with E-state index in [1.165, 1.54) is 6.07 Å². The standard InChI is InChI=1S/C12H15ClFN3O2/c13-9-5-11(12(17(18)19)6-10(9)14)16-3-1-8(7-15)2-4-16/h5-6,8H,1-4,7,15H2. The molecule has 0 aliphatic carbocycles. The second-order valence-electron chi connectivity index (χ2n) is 4.68.